The maximum absolute atomic E-state index is 12.5. The SMILES string of the molecule is COC1(OC)C(=O)C=Cc2onc(-c3ccc(NC(=O)c4ccc(Cl)cc4Cl)cc3)c21. The highest BCUT2D eigenvalue weighted by Gasteiger charge is 2.47. The Hall–Kier alpha value is -2.97. The van der Waals surface area contributed by atoms with E-state index in [1.165, 1.54) is 32.4 Å². The van der Waals surface area contributed by atoms with Gasteiger partial charge in [0, 0.05) is 30.5 Å². The second-order valence-electron chi connectivity index (χ2n) is 6.65. The molecule has 0 spiro atoms. The predicted molar refractivity (Wildman–Crippen MR) is 116 cm³/mol. The lowest BCUT2D eigenvalue weighted by molar-refractivity contribution is -0.209. The maximum Gasteiger partial charge on any atom is 0.266 e. The normalized spacial score (nSPS) is 14.4. The third kappa shape index (κ3) is 3.66. The Balaban J connectivity index is 1.63. The lowest BCUT2D eigenvalue weighted by Crippen LogP contribution is -2.41. The van der Waals surface area contributed by atoms with Crippen molar-refractivity contribution in [3.8, 4) is 11.3 Å². The minimum absolute atomic E-state index is 0.254. The number of nitrogens with zero attached hydrogens (tertiary/aromatic N) is 1. The molecular formula is C22H16Cl2N2O5. The number of rotatable bonds is 5. The van der Waals surface area contributed by atoms with Gasteiger partial charge < -0.3 is 19.3 Å². The Kier molecular flexibility index (Phi) is 5.68. The van der Waals surface area contributed by atoms with Crippen LogP contribution < -0.4 is 5.32 Å². The van der Waals surface area contributed by atoms with Gasteiger partial charge in [-0.05, 0) is 42.5 Å². The number of ether oxygens (including phenoxy) is 2. The average Bonchev–Trinajstić information content (AvgIpc) is 3.19. The van der Waals surface area contributed by atoms with Crippen LogP contribution in [0, 0.1) is 0 Å². The van der Waals surface area contributed by atoms with E-state index >= 15 is 0 Å². The van der Waals surface area contributed by atoms with Crippen LogP contribution in [0.15, 0.2) is 53.1 Å². The summed E-state index contributed by atoms with van der Waals surface area (Å²) >= 11 is 12.0. The Morgan fingerprint density at radius 3 is 2.42 bits per heavy atom. The van der Waals surface area contributed by atoms with E-state index in [9.17, 15) is 9.59 Å². The Morgan fingerprint density at radius 1 is 1.06 bits per heavy atom. The Bertz CT molecular complexity index is 1200. The monoisotopic (exact) mass is 458 g/mol. The highest BCUT2D eigenvalue weighted by atomic mass is 35.5. The molecule has 0 radical (unpaired) electrons. The number of carbonyl (C=O) groups is 2. The zero-order valence-electron chi connectivity index (χ0n) is 16.4. The fourth-order valence-electron chi connectivity index (χ4n) is 3.39. The first kappa shape index (κ1) is 21.3. The molecule has 31 heavy (non-hydrogen) atoms. The van der Waals surface area contributed by atoms with E-state index in [1.807, 2.05) is 0 Å². The summed E-state index contributed by atoms with van der Waals surface area (Å²) in [5, 5.41) is 7.57. The number of fused-ring (bicyclic) bond motifs is 1. The van der Waals surface area contributed by atoms with E-state index in [4.69, 9.17) is 37.2 Å². The number of nitrogens with one attached hydrogen (secondary N) is 1. The third-order valence-corrected chi connectivity index (χ3v) is 5.47. The van der Waals surface area contributed by atoms with Gasteiger partial charge in [-0.25, -0.2) is 0 Å². The molecule has 0 aliphatic heterocycles. The smallest absolute Gasteiger partial charge is 0.266 e. The molecule has 0 atom stereocenters. The topological polar surface area (TPSA) is 90.7 Å². The molecule has 3 aromatic rings. The number of anilines is 1. The van der Waals surface area contributed by atoms with Crippen LogP contribution in [0.4, 0.5) is 5.69 Å². The Labute approximate surface area is 187 Å². The van der Waals surface area contributed by atoms with Crippen LogP contribution in [0.1, 0.15) is 21.7 Å². The average molecular weight is 459 g/mol. The standard InChI is InChI=1S/C22H16Cl2N2O5/c1-29-22(30-2)18(27)10-9-17-19(22)20(26-31-17)12-3-6-14(7-4-12)25-21(28)15-8-5-13(23)11-16(15)24/h3-11H,1-2H3,(H,25,28). The molecule has 0 bridgehead atoms. The van der Waals surface area contributed by atoms with Gasteiger partial charge in [0.05, 0.1) is 16.1 Å². The molecule has 1 heterocycles. The summed E-state index contributed by atoms with van der Waals surface area (Å²) in [5.74, 6) is -2.02. The van der Waals surface area contributed by atoms with Gasteiger partial charge in [-0.2, -0.15) is 0 Å². The number of carbonyl (C=O) groups excluding carboxylic acids is 2. The molecule has 0 saturated heterocycles. The summed E-state index contributed by atoms with van der Waals surface area (Å²) in [6, 6.07) is 11.5. The summed E-state index contributed by atoms with van der Waals surface area (Å²) < 4.78 is 16.2. The first-order valence-electron chi connectivity index (χ1n) is 9.09. The molecule has 2 aromatic carbocycles. The van der Waals surface area contributed by atoms with Crippen LogP contribution in [0.3, 0.4) is 0 Å². The van der Waals surface area contributed by atoms with Crippen molar-refractivity contribution in [2.24, 2.45) is 0 Å². The zero-order chi connectivity index (χ0) is 22.2. The summed E-state index contributed by atoms with van der Waals surface area (Å²) in [5.41, 5.74) is 2.27. The van der Waals surface area contributed by atoms with Gasteiger partial charge >= 0.3 is 0 Å². The number of halogens is 2. The van der Waals surface area contributed by atoms with E-state index in [0.717, 1.165) is 0 Å². The number of aromatic nitrogens is 1. The number of methoxy groups -OCH3 is 2. The van der Waals surface area contributed by atoms with Crippen molar-refractivity contribution in [1.82, 2.24) is 5.16 Å². The molecule has 4 rings (SSSR count). The second-order valence-corrected chi connectivity index (χ2v) is 7.49. The lowest BCUT2D eigenvalue weighted by Gasteiger charge is -2.29. The third-order valence-electron chi connectivity index (χ3n) is 4.92. The van der Waals surface area contributed by atoms with Gasteiger partial charge in [0.25, 0.3) is 11.7 Å². The maximum atomic E-state index is 12.5. The van der Waals surface area contributed by atoms with Gasteiger partial charge in [0.1, 0.15) is 5.69 Å². The van der Waals surface area contributed by atoms with E-state index in [0.29, 0.717) is 38.9 Å². The van der Waals surface area contributed by atoms with Crippen LogP contribution in [0.25, 0.3) is 17.3 Å². The van der Waals surface area contributed by atoms with E-state index in [1.54, 1.807) is 36.4 Å². The van der Waals surface area contributed by atoms with Crippen molar-refractivity contribution in [3.63, 3.8) is 0 Å². The number of amides is 1. The molecule has 1 aliphatic rings. The molecular weight excluding hydrogens is 443 g/mol. The van der Waals surface area contributed by atoms with Crippen LogP contribution >= 0.6 is 23.2 Å². The van der Waals surface area contributed by atoms with Gasteiger partial charge in [-0.1, -0.05) is 40.5 Å². The molecule has 1 aromatic heterocycles. The van der Waals surface area contributed by atoms with Gasteiger partial charge in [-0.3, -0.25) is 9.59 Å². The fraction of sp³-hybridized carbons (Fsp3) is 0.136. The second kappa shape index (κ2) is 8.28. The zero-order valence-corrected chi connectivity index (χ0v) is 18.0. The first-order chi connectivity index (χ1) is 14.9. The minimum atomic E-state index is -1.64. The molecule has 1 N–H and O–H groups in total. The van der Waals surface area contributed by atoms with Crippen LogP contribution in [0.5, 0.6) is 0 Å². The number of hydrogen-bond acceptors (Lipinski definition) is 6. The number of ketones is 1. The van der Waals surface area contributed by atoms with Crippen molar-refractivity contribution in [2.75, 3.05) is 19.5 Å². The van der Waals surface area contributed by atoms with Gasteiger partial charge in [0.15, 0.2) is 5.76 Å². The van der Waals surface area contributed by atoms with Gasteiger partial charge in [0.2, 0.25) is 5.78 Å². The predicted octanol–water partition coefficient (Wildman–Crippen LogP) is 4.94. The summed E-state index contributed by atoms with van der Waals surface area (Å²) in [6.07, 6.45) is 2.85. The molecule has 0 fully saturated rings. The first-order valence-corrected chi connectivity index (χ1v) is 9.85. The minimum Gasteiger partial charge on any atom is -0.356 e. The highest BCUT2D eigenvalue weighted by molar-refractivity contribution is 6.37. The molecule has 1 aliphatic carbocycles. The van der Waals surface area contributed by atoms with Crippen molar-refractivity contribution in [3.05, 3.63) is 75.5 Å². The van der Waals surface area contributed by atoms with E-state index in [2.05, 4.69) is 10.5 Å². The van der Waals surface area contributed by atoms with Gasteiger partial charge in [-0.15, -0.1) is 0 Å². The number of benzene rings is 2. The molecule has 0 saturated carbocycles. The summed E-state index contributed by atoms with van der Waals surface area (Å²) in [4.78, 5) is 25.0. The van der Waals surface area contributed by atoms with E-state index in [-0.39, 0.29) is 16.7 Å². The van der Waals surface area contributed by atoms with E-state index < -0.39 is 5.79 Å². The largest absolute Gasteiger partial charge is 0.356 e. The lowest BCUT2D eigenvalue weighted by atomic mass is 9.91. The number of hydrogen-bond donors (Lipinski definition) is 1. The summed E-state index contributed by atoms with van der Waals surface area (Å²) in [6.45, 7) is 0. The fourth-order valence-corrected chi connectivity index (χ4v) is 3.88. The van der Waals surface area contributed by atoms with Crippen LogP contribution in [-0.2, 0) is 20.1 Å². The van der Waals surface area contributed by atoms with Crippen molar-refractivity contribution in [1.29, 1.82) is 0 Å². The van der Waals surface area contributed by atoms with Crippen LogP contribution in [-0.4, -0.2) is 31.1 Å². The van der Waals surface area contributed by atoms with Crippen molar-refractivity contribution >= 4 is 46.7 Å². The highest BCUT2D eigenvalue weighted by Crippen LogP contribution is 2.41. The molecule has 0 unspecified atom stereocenters. The van der Waals surface area contributed by atoms with Crippen molar-refractivity contribution < 1.29 is 23.6 Å². The molecule has 9 heteroatoms. The summed E-state index contributed by atoms with van der Waals surface area (Å²) in [7, 11) is 2.75. The molecule has 7 nitrogen and oxygen atoms in total. The van der Waals surface area contributed by atoms with Crippen molar-refractivity contribution in [2.45, 2.75) is 5.79 Å². The molecule has 1 amide bonds. The quantitative estimate of drug-likeness (QED) is 0.544. The molecule has 158 valence electrons. The Morgan fingerprint density at radius 2 is 1.77 bits per heavy atom. The van der Waals surface area contributed by atoms with Crippen LogP contribution in [0.2, 0.25) is 10.0 Å².